The number of amides is 1. The van der Waals surface area contributed by atoms with E-state index in [0.29, 0.717) is 23.5 Å². The van der Waals surface area contributed by atoms with E-state index in [9.17, 15) is 4.79 Å². The minimum absolute atomic E-state index is 0.0262. The highest BCUT2D eigenvalue weighted by Crippen LogP contribution is 2.27. The predicted octanol–water partition coefficient (Wildman–Crippen LogP) is 2.95. The van der Waals surface area contributed by atoms with Crippen LogP contribution in [0.25, 0.3) is 0 Å². The van der Waals surface area contributed by atoms with Gasteiger partial charge in [-0.1, -0.05) is 26.7 Å². The molecule has 1 saturated carbocycles. The SMILES string of the molecule is CCCNc1cncc(C(=O)N(C)C2CCCC(C)C2)n1. The molecule has 1 heterocycles. The van der Waals surface area contributed by atoms with Crippen LogP contribution >= 0.6 is 0 Å². The van der Waals surface area contributed by atoms with Gasteiger partial charge in [0, 0.05) is 19.6 Å². The molecule has 1 aromatic rings. The summed E-state index contributed by atoms with van der Waals surface area (Å²) >= 11 is 0. The molecule has 21 heavy (non-hydrogen) atoms. The number of carbonyl (C=O) groups is 1. The molecule has 0 spiro atoms. The Labute approximate surface area is 127 Å². The number of carbonyl (C=O) groups excluding carboxylic acids is 1. The molecule has 1 fully saturated rings. The fraction of sp³-hybridized carbons (Fsp3) is 0.688. The first-order valence-electron chi connectivity index (χ1n) is 7.95. The highest BCUT2D eigenvalue weighted by molar-refractivity contribution is 5.92. The Hall–Kier alpha value is -1.65. The maximum absolute atomic E-state index is 12.6. The van der Waals surface area contributed by atoms with Crippen molar-refractivity contribution < 1.29 is 4.79 Å². The quantitative estimate of drug-likeness (QED) is 0.906. The van der Waals surface area contributed by atoms with Crippen LogP contribution in [-0.2, 0) is 0 Å². The Kier molecular flexibility index (Phi) is 5.53. The molecule has 1 aromatic heterocycles. The average molecular weight is 290 g/mol. The van der Waals surface area contributed by atoms with Crippen LogP contribution < -0.4 is 5.32 Å². The first-order chi connectivity index (χ1) is 10.1. The molecule has 1 aliphatic carbocycles. The predicted molar refractivity (Wildman–Crippen MR) is 84.3 cm³/mol. The summed E-state index contributed by atoms with van der Waals surface area (Å²) < 4.78 is 0. The smallest absolute Gasteiger partial charge is 0.274 e. The molecule has 2 atom stereocenters. The normalized spacial score (nSPS) is 21.9. The van der Waals surface area contributed by atoms with Crippen molar-refractivity contribution >= 4 is 11.7 Å². The third kappa shape index (κ3) is 4.16. The van der Waals surface area contributed by atoms with E-state index in [0.717, 1.165) is 25.8 Å². The van der Waals surface area contributed by atoms with Gasteiger partial charge in [0.05, 0.1) is 12.4 Å². The Morgan fingerprint density at radius 2 is 2.24 bits per heavy atom. The van der Waals surface area contributed by atoms with Gasteiger partial charge in [0.2, 0.25) is 0 Å². The van der Waals surface area contributed by atoms with Gasteiger partial charge in [0.15, 0.2) is 0 Å². The van der Waals surface area contributed by atoms with Gasteiger partial charge >= 0.3 is 0 Å². The van der Waals surface area contributed by atoms with Gasteiger partial charge in [-0.3, -0.25) is 9.78 Å². The summed E-state index contributed by atoms with van der Waals surface area (Å²) in [4.78, 5) is 22.9. The summed E-state index contributed by atoms with van der Waals surface area (Å²) in [6.07, 6.45) is 8.89. The van der Waals surface area contributed by atoms with E-state index in [1.165, 1.54) is 12.8 Å². The molecule has 0 saturated heterocycles. The number of hydrogen-bond acceptors (Lipinski definition) is 4. The zero-order valence-electron chi connectivity index (χ0n) is 13.3. The highest BCUT2D eigenvalue weighted by atomic mass is 16.2. The van der Waals surface area contributed by atoms with Gasteiger partial charge in [0.25, 0.3) is 5.91 Å². The van der Waals surface area contributed by atoms with Crippen LogP contribution in [0.3, 0.4) is 0 Å². The van der Waals surface area contributed by atoms with Crippen molar-refractivity contribution in [2.24, 2.45) is 5.92 Å². The molecular weight excluding hydrogens is 264 g/mol. The van der Waals surface area contributed by atoms with Crippen molar-refractivity contribution in [3.63, 3.8) is 0 Å². The third-order valence-electron chi connectivity index (χ3n) is 4.19. The van der Waals surface area contributed by atoms with Gasteiger partial charge in [-0.25, -0.2) is 4.98 Å². The van der Waals surface area contributed by atoms with Gasteiger partial charge in [-0.2, -0.15) is 0 Å². The summed E-state index contributed by atoms with van der Waals surface area (Å²) in [5.41, 5.74) is 0.428. The van der Waals surface area contributed by atoms with Crippen LogP contribution in [0.15, 0.2) is 12.4 Å². The van der Waals surface area contributed by atoms with E-state index in [-0.39, 0.29) is 5.91 Å². The van der Waals surface area contributed by atoms with Crippen molar-refractivity contribution in [2.75, 3.05) is 18.9 Å². The first-order valence-corrected chi connectivity index (χ1v) is 7.95. The van der Waals surface area contributed by atoms with Crippen LogP contribution in [0.2, 0.25) is 0 Å². The van der Waals surface area contributed by atoms with E-state index in [4.69, 9.17) is 0 Å². The van der Waals surface area contributed by atoms with Crippen molar-refractivity contribution in [1.82, 2.24) is 14.9 Å². The van der Waals surface area contributed by atoms with E-state index < -0.39 is 0 Å². The molecule has 5 heteroatoms. The first kappa shape index (κ1) is 15.7. The Balaban J connectivity index is 2.04. The van der Waals surface area contributed by atoms with Crippen molar-refractivity contribution in [3.05, 3.63) is 18.1 Å². The van der Waals surface area contributed by atoms with Crippen molar-refractivity contribution in [1.29, 1.82) is 0 Å². The lowest BCUT2D eigenvalue weighted by atomic mass is 9.86. The summed E-state index contributed by atoms with van der Waals surface area (Å²) in [6, 6.07) is 0.329. The second-order valence-corrected chi connectivity index (χ2v) is 6.06. The maximum Gasteiger partial charge on any atom is 0.274 e. The summed E-state index contributed by atoms with van der Waals surface area (Å²) in [6.45, 7) is 5.19. The largest absolute Gasteiger partial charge is 0.369 e. The van der Waals surface area contributed by atoms with Crippen LogP contribution in [0.4, 0.5) is 5.82 Å². The van der Waals surface area contributed by atoms with Crippen LogP contribution in [0, 0.1) is 5.92 Å². The molecule has 1 N–H and O–H groups in total. The second kappa shape index (κ2) is 7.38. The number of nitrogens with one attached hydrogen (secondary N) is 1. The molecule has 1 aliphatic rings. The van der Waals surface area contributed by atoms with Crippen LogP contribution in [0.5, 0.6) is 0 Å². The number of aromatic nitrogens is 2. The molecule has 2 rings (SSSR count). The lowest BCUT2D eigenvalue weighted by Gasteiger charge is -2.33. The lowest BCUT2D eigenvalue weighted by molar-refractivity contribution is 0.0666. The van der Waals surface area contributed by atoms with Crippen LogP contribution in [-0.4, -0.2) is 40.4 Å². The zero-order chi connectivity index (χ0) is 15.2. The fourth-order valence-electron chi connectivity index (χ4n) is 2.91. The van der Waals surface area contributed by atoms with Gasteiger partial charge in [0.1, 0.15) is 11.5 Å². The molecule has 0 bridgehead atoms. The second-order valence-electron chi connectivity index (χ2n) is 6.06. The van der Waals surface area contributed by atoms with Gasteiger partial charge in [-0.15, -0.1) is 0 Å². The van der Waals surface area contributed by atoms with E-state index in [2.05, 4.69) is 29.1 Å². The fourth-order valence-corrected chi connectivity index (χ4v) is 2.91. The van der Waals surface area contributed by atoms with E-state index in [1.807, 2.05) is 11.9 Å². The summed E-state index contributed by atoms with van der Waals surface area (Å²) in [5, 5.41) is 3.17. The number of anilines is 1. The van der Waals surface area contributed by atoms with Gasteiger partial charge in [-0.05, 0) is 25.2 Å². The lowest BCUT2D eigenvalue weighted by Crippen LogP contribution is -2.40. The van der Waals surface area contributed by atoms with Crippen molar-refractivity contribution in [2.45, 2.75) is 52.0 Å². The molecule has 2 unspecified atom stereocenters. The van der Waals surface area contributed by atoms with Crippen LogP contribution in [0.1, 0.15) is 56.4 Å². The average Bonchev–Trinajstić information content (AvgIpc) is 2.51. The number of nitrogens with zero attached hydrogens (tertiary/aromatic N) is 3. The van der Waals surface area contributed by atoms with Gasteiger partial charge < -0.3 is 10.2 Å². The molecule has 0 aliphatic heterocycles. The zero-order valence-corrected chi connectivity index (χ0v) is 13.3. The third-order valence-corrected chi connectivity index (χ3v) is 4.19. The van der Waals surface area contributed by atoms with Crippen molar-refractivity contribution in [3.8, 4) is 0 Å². The molecular formula is C16H26N4O. The molecule has 116 valence electrons. The molecule has 0 aromatic carbocycles. The molecule has 5 nitrogen and oxygen atoms in total. The van der Waals surface area contributed by atoms with E-state index in [1.54, 1.807) is 12.4 Å². The van der Waals surface area contributed by atoms with E-state index >= 15 is 0 Å². The minimum Gasteiger partial charge on any atom is -0.369 e. The minimum atomic E-state index is -0.0262. The molecule has 1 amide bonds. The Morgan fingerprint density at radius 3 is 2.95 bits per heavy atom. The Bertz CT molecular complexity index is 477. The summed E-state index contributed by atoms with van der Waals surface area (Å²) in [5.74, 6) is 1.34. The number of rotatable bonds is 5. The summed E-state index contributed by atoms with van der Waals surface area (Å²) in [7, 11) is 1.89. The standard InChI is InChI=1S/C16H26N4O/c1-4-8-18-15-11-17-10-14(19-15)16(21)20(3)13-7-5-6-12(2)9-13/h10-13H,4-9H2,1-3H3,(H,18,19). The topological polar surface area (TPSA) is 58.1 Å². The molecule has 0 radical (unpaired) electrons. The Morgan fingerprint density at radius 1 is 1.43 bits per heavy atom. The number of hydrogen-bond donors (Lipinski definition) is 1. The monoisotopic (exact) mass is 290 g/mol. The highest BCUT2D eigenvalue weighted by Gasteiger charge is 2.26. The maximum atomic E-state index is 12.6.